The molecular formula is H16Cr2O10Pb2. The van der Waals surface area contributed by atoms with Crippen molar-refractivity contribution in [2.75, 3.05) is 0 Å². The zero-order valence-corrected chi connectivity index (χ0v) is 16.9. The molecule has 0 bridgehead atoms. The van der Waals surface area contributed by atoms with Crippen LogP contribution < -0.4 is 0 Å². The molecule has 0 aliphatic carbocycles. The van der Waals surface area contributed by atoms with Crippen LogP contribution in [-0.4, -0.2) is 109 Å². The molecule has 14 heteroatoms. The molecule has 14 heavy (non-hydrogen) atoms. The van der Waals surface area contributed by atoms with E-state index in [0.717, 1.165) is 0 Å². The SMILES string of the molecule is O.O.O.O.O.O.[Cr].[Cr].[OH-].[OH-].[OH-].[OH-].[Pb+2].[Pb+2]. The largest absolute Gasteiger partial charge is 2.00 e. The van der Waals surface area contributed by atoms with Crippen molar-refractivity contribution < 1.29 is 89.5 Å². The van der Waals surface area contributed by atoms with Crippen molar-refractivity contribution in [3.05, 3.63) is 0 Å². The first kappa shape index (κ1) is 631. The van der Waals surface area contributed by atoms with Crippen LogP contribution in [0.15, 0.2) is 0 Å². The van der Waals surface area contributed by atoms with Crippen LogP contribution in [0.2, 0.25) is 0 Å². The van der Waals surface area contributed by atoms with Gasteiger partial charge in [0.15, 0.2) is 0 Å². The number of hydrogen-bond acceptors (Lipinski definition) is 4. The smallest absolute Gasteiger partial charge is 0.870 e. The van der Waals surface area contributed by atoms with Crippen molar-refractivity contribution in [1.82, 2.24) is 0 Å². The maximum Gasteiger partial charge on any atom is 2.00 e. The third-order valence-corrected chi connectivity index (χ3v) is 0. The van der Waals surface area contributed by atoms with Crippen LogP contribution in [0.4, 0.5) is 0 Å². The Hall–Kier alpha value is 2.51. The third-order valence-electron chi connectivity index (χ3n) is 0. The number of hydrogen-bond donors (Lipinski definition) is 0. The van der Waals surface area contributed by atoms with Crippen LogP contribution in [0.25, 0.3) is 0 Å². The van der Waals surface area contributed by atoms with Crippen molar-refractivity contribution in [2.45, 2.75) is 0 Å². The maximum atomic E-state index is 0. The second-order valence-corrected chi connectivity index (χ2v) is 0. The van der Waals surface area contributed by atoms with Crippen molar-refractivity contribution in [3.63, 3.8) is 0 Å². The topological polar surface area (TPSA) is 309 Å². The van der Waals surface area contributed by atoms with Crippen molar-refractivity contribution in [1.29, 1.82) is 0 Å². The summed E-state index contributed by atoms with van der Waals surface area (Å²) in [4.78, 5) is 0. The van der Waals surface area contributed by atoms with Gasteiger partial charge in [-0.25, -0.2) is 0 Å². The molecule has 10 nitrogen and oxygen atoms in total. The van der Waals surface area contributed by atoms with Gasteiger partial charge in [-0.15, -0.1) is 0 Å². The third kappa shape index (κ3) is 421. The standard InChI is InChI=1S/2Cr.10H2O.2Pb/h;;10*1H2;;/q;;;;;;;;;;;;2*+2/p-4. The Kier molecular flexibility index (Phi) is 23400. The molecule has 0 aliphatic rings. The van der Waals surface area contributed by atoms with Crippen LogP contribution in [-0.2, 0) is 34.7 Å². The molecule has 0 fully saturated rings. The summed E-state index contributed by atoms with van der Waals surface area (Å²) in [6, 6.07) is 0. The van der Waals surface area contributed by atoms with Gasteiger partial charge in [-0.05, 0) is 0 Å². The van der Waals surface area contributed by atoms with Gasteiger partial charge in [0.05, 0.1) is 0 Å². The zero-order valence-electron chi connectivity index (χ0n) is 6.61. The Balaban J connectivity index is 0. The second kappa shape index (κ2) is 519. The summed E-state index contributed by atoms with van der Waals surface area (Å²) in [7, 11) is 0. The van der Waals surface area contributed by atoms with Crippen LogP contribution in [0, 0.1) is 0 Å². The molecule has 0 aromatic rings. The van der Waals surface area contributed by atoms with Crippen molar-refractivity contribution in [3.8, 4) is 0 Å². The van der Waals surface area contributed by atoms with Gasteiger partial charge in [-0.2, -0.15) is 0 Å². The molecule has 0 unspecified atom stereocenters. The molecule has 0 heterocycles. The van der Waals surface area contributed by atoms with Gasteiger partial charge >= 0.3 is 54.6 Å². The van der Waals surface area contributed by atoms with E-state index in [2.05, 4.69) is 0 Å². The van der Waals surface area contributed by atoms with E-state index in [4.69, 9.17) is 0 Å². The zero-order chi connectivity index (χ0) is 0. The Bertz CT molecular complexity index is 16.1. The van der Waals surface area contributed by atoms with Gasteiger partial charge in [0.25, 0.3) is 0 Å². The summed E-state index contributed by atoms with van der Waals surface area (Å²) in [5.74, 6) is 0. The molecule has 0 rings (SSSR count). The first-order valence-corrected chi connectivity index (χ1v) is 0. The van der Waals surface area contributed by atoms with Crippen molar-refractivity contribution >= 4 is 54.6 Å². The predicted octanol–water partition coefficient (Wildman–Crippen LogP) is -6.42. The normalized spacial score (nSPS) is 0. The summed E-state index contributed by atoms with van der Waals surface area (Å²) in [6.07, 6.45) is 0. The van der Waals surface area contributed by atoms with Crippen LogP contribution in [0.5, 0.6) is 0 Å². The molecule has 96 valence electrons. The van der Waals surface area contributed by atoms with E-state index in [1.54, 1.807) is 0 Å². The monoisotopic (exact) mass is 696 g/mol. The average molecular weight is 695 g/mol. The summed E-state index contributed by atoms with van der Waals surface area (Å²) < 4.78 is 0. The van der Waals surface area contributed by atoms with Gasteiger partial charge in [-0.1, -0.05) is 0 Å². The minimum absolute atomic E-state index is 0. The summed E-state index contributed by atoms with van der Waals surface area (Å²) in [6.45, 7) is 0. The van der Waals surface area contributed by atoms with E-state index in [1.165, 1.54) is 0 Å². The minimum Gasteiger partial charge on any atom is -0.870 e. The molecule has 4 radical (unpaired) electrons. The maximum absolute atomic E-state index is 0. The first-order chi connectivity index (χ1) is 0. The predicted molar refractivity (Wildman–Crippen MR) is 40.9 cm³/mol. The molecule has 16 N–H and O–H groups in total. The van der Waals surface area contributed by atoms with Crippen molar-refractivity contribution in [2.24, 2.45) is 0 Å². The summed E-state index contributed by atoms with van der Waals surface area (Å²) >= 11 is 0. The molecule has 0 aromatic heterocycles. The Morgan fingerprint density at radius 3 is 0.286 bits per heavy atom. The Morgan fingerprint density at radius 2 is 0.286 bits per heavy atom. The molecule has 0 aromatic carbocycles. The Morgan fingerprint density at radius 1 is 0.286 bits per heavy atom. The van der Waals surface area contributed by atoms with Gasteiger partial charge in [-0.3, -0.25) is 0 Å². The van der Waals surface area contributed by atoms with E-state index < -0.39 is 0 Å². The van der Waals surface area contributed by atoms with E-state index in [-0.39, 0.29) is 144 Å². The molecule has 0 aliphatic heterocycles. The molecule has 0 saturated heterocycles. The quantitative estimate of drug-likeness (QED) is 0.223. The summed E-state index contributed by atoms with van der Waals surface area (Å²) in [5, 5.41) is 0. The van der Waals surface area contributed by atoms with Crippen LogP contribution in [0.3, 0.4) is 0 Å². The van der Waals surface area contributed by atoms with E-state index in [9.17, 15) is 0 Å². The second-order valence-electron chi connectivity index (χ2n) is 0. The first-order valence-electron chi connectivity index (χ1n) is 0. The van der Waals surface area contributed by atoms with Crippen LogP contribution >= 0.6 is 0 Å². The van der Waals surface area contributed by atoms with E-state index in [0.29, 0.717) is 0 Å². The molecular weight excluding hydrogens is 678 g/mol. The van der Waals surface area contributed by atoms with Gasteiger partial charge in [0.2, 0.25) is 0 Å². The average Bonchev–Trinajstić information content (AvgIpc) is 0. The van der Waals surface area contributed by atoms with Gasteiger partial charge in [0.1, 0.15) is 0 Å². The van der Waals surface area contributed by atoms with E-state index in [1.807, 2.05) is 0 Å². The Labute approximate surface area is 142 Å². The summed E-state index contributed by atoms with van der Waals surface area (Å²) in [5.41, 5.74) is 0. The molecule has 0 spiro atoms. The fraction of sp³-hybridized carbons (Fsp3) is 0. The molecule has 0 amide bonds. The fourth-order valence-corrected chi connectivity index (χ4v) is 0. The van der Waals surface area contributed by atoms with Gasteiger partial charge < -0.3 is 54.8 Å². The van der Waals surface area contributed by atoms with E-state index >= 15 is 0 Å². The minimum atomic E-state index is 0. The van der Waals surface area contributed by atoms with Crippen LogP contribution in [0.1, 0.15) is 0 Å². The number of rotatable bonds is 0. The fourth-order valence-electron chi connectivity index (χ4n) is 0. The molecule has 0 saturated carbocycles. The van der Waals surface area contributed by atoms with Gasteiger partial charge in [0, 0.05) is 34.7 Å². The molecule has 0 atom stereocenters.